The fraction of sp³-hybridized carbons (Fsp3) is 0. The summed E-state index contributed by atoms with van der Waals surface area (Å²) in [6.45, 7) is 0. The molecule has 0 saturated carbocycles. The van der Waals surface area contributed by atoms with Crippen molar-refractivity contribution in [3.8, 4) is 0 Å². The molecule has 2 aromatic rings. The second-order valence-electron chi connectivity index (χ2n) is 3.22. The van der Waals surface area contributed by atoms with Gasteiger partial charge >= 0.3 is 5.30 Å². The van der Waals surface area contributed by atoms with Crippen LogP contribution in [0.3, 0.4) is 0 Å². The zero-order chi connectivity index (χ0) is 11.5. The molecule has 1 N–H and O–H groups in total. The molecular weight excluding hydrogens is 222 g/mol. The van der Waals surface area contributed by atoms with Crippen molar-refractivity contribution in [1.29, 1.82) is 5.41 Å². The summed E-state index contributed by atoms with van der Waals surface area (Å²) in [5.74, 6) is -0.184. The van der Waals surface area contributed by atoms with E-state index in [0.717, 1.165) is 10.8 Å². The van der Waals surface area contributed by atoms with E-state index < -0.39 is 5.30 Å². The lowest BCUT2D eigenvalue weighted by Gasteiger charge is -2.06. The Labute approximate surface area is 98.0 Å². The molecule has 0 atom stereocenters. The third-order valence-electron chi connectivity index (χ3n) is 2.22. The highest BCUT2D eigenvalue weighted by Gasteiger charge is 2.09. The minimum absolute atomic E-state index is 0.184. The van der Waals surface area contributed by atoms with Gasteiger partial charge in [0.2, 0.25) is 5.90 Å². The number of hydrogen-bond acceptors (Lipinski definition) is 3. The Balaban J connectivity index is 2.52. The first kappa shape index (κ1) is 10.7. The summed E-state index contributed by atoms with van der Waals surface area (Å²) >= 11 is 3.48. The number of fused-ring (bicyclic) bond motifs is 1. The van der Waals surface area contributed by atoms with Gasteiger partial charge in [-0.25, -0.2) is 4.79 Å². The molecular formula is C12H9NO2S. The van der Waals surface area contributed by atoms with Crippen LogP contribution in [0.15, 0.2) is 42.5 Å². The van der Waals surface area contributed by atoms with E-state index in [2.05, 4.69) is 17.4 Å². The van der Waals surface area contributed by atoms with Gasteiger partial charge in [-0.3, -0.25) is 5.41 Å². The van der Waals surface area contributed by atoms with E-state index in [1.807, 2.05) is 36.4 Å². The molecule has 0 aliphatic heterocycles. The third kappa shape index (κ3) is 2.06. The zero-order valence-electron chi connectivity index (χ0n) is 8.31. The summed E-state index contributed by atoms with van der Waals surface area (Å²) in [5.41, 5.74) is 0.584. The minimum atomic E-state index is -0.780. The van der Waals surface area contributed by atoms with Crippen molar-refractivity contribution in [3.63, 3.8) is 0 Å². The molecule has 3 nitrogen and oxygen atoms in total. The van der Waals surface area contributed by atoms with Gasteiger partial charge < -0.3 is 4.74 Å². The molecule has 4 heteroatoms. The predicted octanol–water partition coefficient (Wildman–Crippen LogP) is 3.23. The Morgan fingerprint density at radius 3 is 2.56 bits per heavy atom. The van der Waals surface area contributed by atoms with Crippen LogP contribution in [-0.4, -0.2) is 11.2 Å². The van der Waals surface area contributed by atoms with E-state index in [1.165, 1.54) is 0 Å². The fourth-order valence-electron chi connectivity index (χ4n) is 1.57. The quantitative estimate of drug-likeness (QED) is 0.342. The average molecular weight is 231 g/mol. The van der Waals surface area contributed by atoms with Crippen LogP contribution in [0.1, 0.15) is 5.56 Å². The van der Waals surface area contributed by atoms with Crippen LogP contribution >= 0.6 is 12.6 Å². The van der Waals surface area contributed by atoms with E-state index in [9.17, 15) is 4.79 Å². The van der Waals surface area contributed by atoms with Crippen molar-refractivity contribution in [3.05, 3.63) is 48.0 Å². The van der Waals surface area contributed by atoms with Gasteiger partial charge in [0.15, 0.2) is 0 Å². The molecule has 0 amide bonds. The minimum Gasteiger partial charge on any atom is -0.399 e. The summed E-state index contributed by atoms with van der Waals surface area (Å²) in [4.78, 5) is 10.7. The molecule has 0 bridgehead atoms. The summed E-state index contributed by atoms with van der Waals surface area (Å²) in [5, 5.41) is 8.75. The Morgan fingerprint density at radius 2 is 1.81 bits per heavy atom. The largest absolute Gasteiger partial charge is 0.399 e. The predicted molar refractivity (Wildman–Crippen MR) is 66.2 cm³/mol. The highest BCUT2D eigenvalue weighted by atomic mass is 32.1. The van der Waals surface area contributed by atoms with Crippen LogP contribution in [0.25, 0.3) is 10.8 Å². The van der Waals surface area contributed by atoms with E-state index in [-0.39, 0.29) is 5.90 Å². The van der Waals surface area contributed by atoms with E-state index in [0.29, 0.717) is 5.56 Å². The van der Waals surface area contributed by atoms with Crippen LogP contribution in [0.5, 0.6) is 0 Å². The van der Waals surface area contributed by atoms with Gasteiger partial charge in [-0.15, -0.1) is 0 Å². The molecule has 80 valence electrons. The van der Waals surface area contributed by atoms with Crippen molar-refractivity contribution in [1.82, 2.24) is 0 Å². The SMILES string of the molecule is N=C(OC(=O)S)c1cccc2ccccc12. The third-order valence-corrected chi connectivity index (χ3v) is 2.31. The number of ether oxygens (including phenoxy) is 1. The second-order valence-corrected chi connectivity index (χ2v) is 3.59. The summed E-state index contributed by atoms with van der Waals surface area (Å²) < 4.78 is 4.65. The first-order chi connectivity index (χ1) is 7.68. The monoisotopic (exact) mass is 231 g/mol. The second kappa shape index (κ2) is 4.37. The smallest absolute Gasteiger partial charge is 0.370 e. The maximum absolute atomic E-state index is 10.7. The number of carbonyl (C=O) groups is 1. The lowest BCUT2D eigenvalue weighted by atomic mass is 10.0. The Bertz CT molecular complexity index is 560. The lowest BCUT2D eigenvalue weighted by molar-refractivity contribution is 0.225. The molecule has 0 fully saturated rings. The average Bonchev–Trinajstić information content (AvgIpc) is 2.27. The molecule has 2 rings (SSSR count). The van der Waals surface area contributed by atoms with Gasteiger partial charge in [-0.1, -0.05) is 49.0 Å². The summed E-state index contributed by atoms with van der Waals surface area (Å²) in [6.07, 6.45) is 0. The zero-order valence-corrected chi connectivity index (χ0v) is 9.20. The number of nitrogens with one attached hydrogen (secondary N) is 1. The molecule has 0 aliphatic rings. The van der Waals surface area contributed by atoms with Crippen LogP contribution in [0, 0.1) is 5.41 Å². The maximum atomic E-state index is 10.7. The molecule has 0 heterocycles. The molecule has 0 radical (unpaired) electrons. The summed E-state index contributed by atoms with van der Waals surface area (Å²) in [6, 6.07) is 13.1. The van der Waals surface area contributed by atoms with Gasteiger partial charge in [0.25, 0.3) is 0 Å². The fourth-order valence-corrected chi connectivity index (χ4v) is 1.66. The van der Waals surface area contributed by atoms with Crippen molar-refractivity contribution in [2.75, 3.05) is 0 Å². The maximum Gasteiger partial charge on any atom is 0.370 e. The molecule has 0 unspecified atom stereocenters. The van der Waals surface area contributed by atoms with Crippen molar-refractivity contribution < 1.29 is 9.53 Å². The van der Waals surface area contributed by atoms with E-state index in [4.69, 9.17) is 5.41 Å². The number of thiol groups is 1. The standard InChI is InChI=1S/C12H9NO2S/c13-11(15-12(14)16)10-7-3-5-8-4-1-2-6-9(8)10/h1-7,13H,(H,14,16). The summed E-state index contributed by atoms with van der Waals surface area (Å²) in [7, 11) is 0. The first-order valence-electron chi connectivity index (χ1n) is 4.66. The Morgan fingerprint density at radius 1 is 1.12 bits per heavy atom. The number of carbonyl (C=O) groups excluding carboxylic acids is 1. The van der Waals surface area contributed by atoms with Crippen LogP contribution < -0.4 is 0 Å². The van der Waals surface area contributed by atoms with Gasteiger partial charge in [0.05, 0.1) is 0 Å². The van der Waals surface area contributed by atoms with Gasteiger partial charge in [0, 0.05) is 5.56 Å². The van der Waals surface area contributed by atoms with E-state index >= 15 is 0 Å². The number of benzene rings is 2. The normalized spacial score (nSPS) is 10.1. The molecule has 0 spiro atoms. The Hall–Kier alpha value is -1.81. The van der Waals surface area contributed by atoms with Gasteiger partial charge in [-0.05, 0) is 16.8 Å². The van der Waals surface area contributed by atoms with E-state index in [1.54, 1.807) is 6.07 Å². The van der Waals surface area contributed by atoms with Crippen LogP contribution in [0.4, 0.5) is 4.79 Å². The lowest BCUT2D eigenvalue weighted by Crippen LogP contribution is -2.07. The van der Waals surface area contributed by atoms with Crippen LogP contribution in [-0.2, 0) is 4.74 Å². The first-order valence-corrected chi connectivity index (χ1v) is 5.10. The van der Waals surface area contributed by atoms with Gasteiger partial charge in [-0.2, -0.15) is 0 Å². The molecule has 16 heavy (non-hydrogen) atoms. The topological polar surface area (TPSA) is 50.1 Å². The van der Waals surface area contributed by atoms with Crippen molar-refractivity contribution >= 4 is 34.6 Å². The van der Waals surface area contributed by atoms with Crippen molar-refractivity contribution in [2.45, 2.75) is 0 Å². The van der Waals surface area contributed by atoms with Crippen LogP contribution in [0.2, 0.25) is 0 Å². The van der Waals surface area contributed by atoms with Crippen molar-refractivity contribution in [2.24, 2.45) is 0 Å². The molecule has 0 aliphatic carbocycles. The Kier molecular flexibility index (Phi) is 2.92. The molecule has 0 aromatic heterocycles. The van der Waals surface area contributed by atoms with Gasteiger partial charge in [0.1, 0.15) is 0 Å². The highest BCUT2D eigenvalue weighted by molar-refractivity contribution is 7.96. The molecule has 0 saturated heterocycles. The number of rotatable bonds is 1. The molecule has 2 aromatic carbocycles. The number of hydrogen-bond donors (Lipinski definition) is 2. The highest BCUT2D eigenvalue weighted by Crippen LogP contribution is 2.19.